The molecule has 1 aliphatic carbocycles. The molecule has 1 heterocycles. The topological polar surface area (TPSA) is 58.6 Å². The van der Waals surface area contributed by atoms with Gasteiger partial charge < -0.3 is 15.0 Å². The molecule has 19 heavy (non-hydrogen) atoms. The fourth-order valence-corrected chi connectivity index (χ4v) is 1.88. The molecule has 5 heteroatoms. The average molecular weight is 270 g/mol. The zero-order valence-electron chi connectivity index (χ0n) is 12.4. The number of nitrogens with one attached hydrogen (secondary N) is 1. The van der Waals surface area contributed by atoms with Crippen molar-refractivity contribution in [2.24, 2.45) is 5.92 Å². The van der Waals surface area contributed by atoms with E-state index in [9.17, 15) is 9.59 Å². The van der Waals surface area contributed by atoms with Gasteiger partial charge in [-0.15, -0.1) is 0 Å². The van der Waals surface area contributed by atoms with E-state index in [0.29, 0.717) is 24.3 Å². The van der Waals surface area contributed by atoms with Crippen LogP contribution in [0.5, 0.6) is 0 Å². The minimum atomic E-state index is -0.318. The van der Waals surface area contributed by atoms with Crippen LogP contribution in [-0.4, -0.2) is 48.6 Å². The van der Waals surface area contributed by atoms with Gasteiger partial charge in [-0.3, -0.25) is 9.59 Å². The van der Waals surface area contributed by atoms with Crippen molar-refractivity contribution in [1.82, 2.24) is 10.2 Å². The number of piperazine rings is 1. The highest BCUT2D eigenvalue weighted by Gasteiger charge is 2.35. The first-order valence-electron chi connectivity index (χ1n) is 6.98. The van der Waals surface area contributed by atoms with Crippen molar-refractivity contribution in [2.45, 2.75) is 52.2 Å². The van der Waals surface area contributed by atoms with Crippen molar-refractivity contribution >= 4 is 12.4 Å². The molecule has 0 aromatic carbocycles. The van der Waals surface area contributed by atoms with E-state index in [0.717, 1.165) is 32.5 Å². The van der Waals surface area contributed by atoms with Gasteiger partial charge in [-0.25, -0.2) is 0 Å². The molecule has 2 fully saturated rings. The first-order chi connectivity index (χ1) is 8.85. The summed E-state index contributed by atoms with van der Waals surface area (Å²) >= 11 is 0. The van der Waals surface area contributed by atoms with Crippen LogP contribution in [0.25, 0.3) is 0 Å². The molecular weight excluding hydrogens is 244 g/mol. The van der Waals surface area contributed by atoms with Gasteiger partial charge in [0.2, 0.25) is 5.91 Å². The number of nitrogens with zero attached hydrogens (tertiary/aromatic N) is 1. The number of hydrogen-bond acceptors (Lipinski definition) is 4. The van der Waals surface area contributed by atoms with Gasteiger partial charge in [-0.2, -0.15) is 0 Å². The van der Waals surface area contributed by atoms with Crippen molar-refractivity contribution in [1.29, 1.82) is 0 Å². The first kappa shape index (κ1) is 16.0. The van der Waals surface area contributed by atoms with Crippen molar-refractivity contribution in [3.63, 3.8) is 0 Å². The molecule has 0 aromatic rings. The molecule has 0 aromatic heterocycles. The summed E-state index contributed by atoms with van der Waals surface area (Å²) in [7, 11) is 0. The molecule has 0 bridgehead atoms. The highest BCUT2D eigenvalue weighted by atomic mass is 16.5. The second-order valence-corrected chi connectivity index (χ2v) is 6.19. The highest BCUT2D eigenvalue weighted by molar-refractivity contribution is 5.81. The Morgan fingerprint density at radius 1 is 1.37 bits per heavy atom. The number of amides is 1. The summed E-state index contributed by atoms with van der Waals surface area (Å²) in [6.45, 7) is 10.9. The third kappa shape index (κ3) is 6.05. The van der Waals surface area contributed by atoms with Crippen LogP contribution in [0.2, 0.25) is 0 Å². The van der Waals surface area contributed by atoms with E-state index in [1.54, 1.807) is 0 Å². The second kappa shape index (κ2) is 6.89. The quantitative estimate of drug-likeness (QED) is 0.765. The number of rotatable bonds is 2. The van der Waals surface area contributed by atoms with Gasteiger partial charge in [-0.1, -0.05) is 0 Å². The number of ether oxygens (including phenoxy) is 1. The fourth-order valence-electron chi connectivity index (χ4n) is 1.88. The zero-order valence-corrected chi connectivity index (χ0v) is 12.4. The van der Waals surface area contributed by atoms with Crippen molar-refractivity contribution in [2.75, 3.05) is 19.6 Å². The summed E-state index contributed by atoms with van der Waals surface area (Å²) in [5.41, 5.74) is -0.318. The predicted molar refractivity (Wildman–Crippen MR) is 73.7 cm³/mol. The maximum atomic E-state index is 11.7. The largest absolute Gasteiger partial charge is 0.462 e. The molecular formula is C14H26N2O3. The molecule has 0 spiro atoms. The molecule has 1 saturated heterocycles. The van der Waals surface area contributed by atoms with Crippen LogP contribution < -0.4 is 5.32 Å². The van der Waals surface area contributed by atoms with Gasteiger partial charge in [-0.05, 0) is 40.5 Å². The van der Waals surface area contributed by atoms with Crippen LogP contribution in [0.1, 0.15) is 40.5 Å². The maximum Gasteiger partial charge on any atom is 0.293 e. The van der Waals surface area contributed by atoms with Crippen LogP contribution in [-0.2, 0) is 14.3 Å². The van der Waals surface area contributed by atoms with Crippen molar-refractivity contribution < 1.29 is 14.3 Å². The summed E-state index contributed by atoms with van der Waals surface area (Å²) in [4.78, 5) is 23.3. The predicted octanol–water partition coefficient (Wildman–Crippen LogP) is 1.17. The summed E-state index contributed by atoms with van der Waals surface area (Å²) in [5.74, 6) is 0.773. The van der Waals surface area contributed by atoms with Gasteiger partial charge >= 0.3 is 0 Å². The molecule has 2 rings (SSSR count). The Morgan fingerprint density at radius 2 is 2.00 bits per heavy atom. The summed E-state index contributed by atoms with van der Waals surface area (Å²) < 4.78 is 4.55. The standard InChI is InChI=1S/C9H16N2O.C5H10O2/c1-7-6-10-4-5-11(7)9(12)8-2-3-8;1-5(2,3)7-4-6/h7-8,10H,2-6H2,1H3;4H,1-3H3. The van der Waals surface area contributed by atoms with Crippen LogP contribution in [0.4, 0.5) is 0 Å². The Morgan fingerprint density at radius 3 is 2.37 bits per heavy atom. The maximum absolute atomic E-state index is 11.7. The van der Waals surface area contributed by atoms with E-state index in [4.69, 9.17) is 0 Å². The molecule has 1 amide bonds. The third-order valence-corrected chi connectivity index (χ3v) is 3.11. The summed E-state index contributed by atoms with van der Waals surface area (Å²) in [6, 6.07) is 0.395. The molecule has 1 unspecified atom stereocenters. The normalized spacial score (nSPS) is 23.2. The smallest absolute Gasteiger partial charge is 0.293 e. The Balaban J connectivity index is 0.000000224. The molecule has 1 aliphatic heterocycles. The van der Waals surface area contributed by atoms with E-state index in [1.165, 1.54) is 0 Å². The van der Waals surface area contributed by atoms with Gasteiger partial charge in [0.25, 0.3) is 6.47 Å². The Kier molecular flexibility index (Phi) is 5.79. The van der Waals surface area contributed by atoms with Crippen LogP contribution in [0.3, 0.4) is 0 Å². The molecule has 1 atom stereocenters. The molecule has 110 valence electrons. The fraction of sp³-hybridized carbons (Fsp3) is 0.857. The molecule has 1 N–H and O–H groups in total. The van der Waals surface area contributed by atoms with Crippen LogP contribution in [0, 0.1) is 5.92 Å². The number of carbonyl (C=O) groups excluding carboxylic acids is 2. The lowest BCUT2D eigenvalue weighted by molar-refractivity contribution is -0.138. The van der Waals surface area contributed by atoms with Gasteiger partial charge in [0.1, 0.15) is 5.60 Å². The Hall–Kier alpha value is -1.10. The van der Waals surface area contributed by atoms with E-state index >= 15 is 0 Å². The SMILES string of the molecule is CC(C)(C)OC=O.CC1CNCCN1C(=O)C1CC1. The zero-order chi connectivity index (χ0) is 14.5. The molecule has 5 nitrogen and oxygen atoms in total. The van der Waals surface area contributed by atoms with Gasteiger partial charge in [0.15, 0.2) is 0 Å². The van der Waals surface area contributed by atoms with Gasteiger partial charge in [0, 0.05) is 31.6 Å². The first-order valence-corrected chi connectivity index (χ1v) is 6.98. The lowest BCUT2D eigenvalue weighted by Gasteiger charge is -2.34. The van der Waals surface area contributed by atoms with Crippen molar-refractivity contribution in [3.05, 3.63) is 0 Å². The van der Waals surface area contributed by atoms with E-state index < -0.39 is 0 Å². The third-order valence-electron chi connectivity index (χ3n) is 3.11. The number of carbonyl (C=O) groups is 2. The van der Waals surface area contributed by atoms with Crippen LogP contribution in [0.15, 0.2) is 0 Å². The summed E-state index contributed by atoms with van der Waals surface area (Å²) in [5, 5.41) is 3.28. The summed E-state index contributed by atoms with van der Waals surface area (Å²) in [6.07, 6.45) is 2.24. The van der Waals surface area contributed by atoms with Crippen LogP contribution >= 0.6 is 0 Å². The van der Waals surface area contributed by atoms with Crippen molar-refractivity contribution in [3.8, 4) is 0 Å². The molecule has 0 radical (unpaired) electrons. The lowest BCUT2D eigenvalue weighted by Crippen LogP contribution is -2.52. The van der Waals surface area contributed by atoms with E-state index in [-0.39, 0.29) is 5.60 Å². The molecule has 1 saturated carbocycles. The Bertz CT molecular complexity index is 308. The van der Waals surface area contributed by atoms with E-state index in [2.05, 4.69) is 17.0 Å². The molecule has 2 aliphatic rings. The Labute approximate surface area is 115 Å². The number of hydrogen-bond donors (Lipinski definition) is 1. The van der Waals surface area contributed by atoms with E-state index in [1.807, 2.05) is 25.7 Å². The average Bonchev–Trinajstić information content (AvgIpc) is 3.12. The highest BCUT2D eigenvalue weighted by Crippen LogP contribution is 2.31. The minimum Gasteiger partial charge on any atom is -0.462 e. The van der Waals surface area contributed by atoms with Gasteiger partial charge in [0.05, 0.1) is 0 Å². The second-order valence-electron chi connectivity index (χ2n) is 6.19. The monoisotopic (exact) mass is 270 g/mol. The minimum absolute atomic E-state index is 0.318. The lowest BCUT2D eigenvalue weighted by atomic mass is 10.2.